The number of halogens is 1. The van der Waals surface area contributed by atoms with Crippen LogP contribution < -0.4 is 5.32 Å². The molecule has 1 heterocycles. The van der Waals surface area contributed by atoms with Crippen molar-refractivity contribution in [3.8, 4) is 0 Å². The molecule has 0 saturated carbocycles. The molecule has 1 saturated heterocycles. The van der Waals surface area contributed by atoms with Crippen molar-refractivity contribution in [1.82, 2.24) is 4.90 Å². The second-order valence-electron chi connectivity index (χ2n) is 5.78. The van der Waals surface area contributed by atoms with Crippen LogP contribution in [0.3, 0.4) is 0 Å². The Bertz CT molecular complexity index is 705. The summed E-state index contributed by atoms with van der Waals surface area (Å²) in [6.45, 7) is -0.172. The van der Waals surface area contributed by atoms with E-state index in [-0.39, 0.29) is 36.3 Å². The number of carbonyl (C=O) groups is 2. The minimum atomic E-state index is -3.02. The van der Waals surface area contributed by atoms with Crippen LogP contribution in [0.4, 0.5) is 10.1 Å². The topological polar surface area (TPSA) is 83.6 Å². The summed E-state index contributed by atoms with van der Waals surface area (Å²) in [5, 5.41) is 2.51. The average Bonchev–Trinajstić information content (AvgIpc) is 2.77. The minimum absolute atomic E-state index is 0.0298. The fraction of sp³-hybridized carbons (Fsp3) is 0.467. The normalized spacial score (nSPS) is 19.3. The number of anilines is 1. The molecular formula is C15H19FN2O4S. The van der Waals surface area contributed by atoms with Gasteiger partial charge in [-0.2, -0.15) is 0 Å². The Kier molecular flexibility index (Phi) is 5.35. The Labute approximate surface area is 134 Å². The lowest BCUT2D eigenvalue weighted by atomic mass is 10.0. The number of sulfone groups is 1. The monoisotopic (exact) mass is 342 g/mol. The van der Waals surface area contributed by atoms with E-state index in [0.29, 0.717) is 12.1 Å². The van der Waals surface area contributed by atoms with Crippen LogP contribution in [-0.4, -0.2) is 50.2 Å². The lowest BCUT2D eigenvalue weighted by Gasteiger charge is -2.18. The summed E-state index contributed by atoms with van der Waals surface area (Å²) in [6.07, 6.45) is 0.598. The first kappa shape index (κ1) is 17.4. The number of nitrogens with one attached hydrogen (secondary N) is 1. The van der Waals surface area contributed by atoms with Gasteiger partial charge in [0.05, 0.1) is 18.1 Å². The van der Waals surface area contributed by atoms with Crippen LogP contribution in [0.15, 0.2) is 24.3 Å². The van der Waals surface area contributed by atoms with Gasteiger partial charge in [-0.25, -0.2) is 12.8 Å². The van der Waals surface area contributed by atoms with Gasteiger partial charge in [0.1, 0.15) is 5.82 Å². The summed E-state index contributed by atoms with van der Waals surface area (Å²) in [5.74, 6) is -1.21. The van der Waals surface area contributed by atoms with E-state index in [2.05, 4.69) is 5.32 Å². The molecule has 2 amide bonds. The molecule has 1 N–H and O–H groups in total. The van der Waals surface area contributed by atoms with Crippen LogP contribution in [0.2, 0.25) is 0 Å². The Balaban J connectivity index is 1.82. The molecule has 1 atom stereocenters. The molecule has 126 valence electrons. The van der Waals surface area contributed by atoms with Crippen LogP contribution in [0, 0.1) is 11.7 Å². The first-order valence-corrected chi connectivity index (χ1v) is 9.07. The molecule has 0 spiro atoms. The Hall–Kier alpha value is -1.96. The van der Waals surface area contributed by atoms with Gasteiger partial charge in [-0.1, -0.05) is 6.07 Å². The maximum atomic E-state index is 13.0. The number of amides is 2. The van der Waals surface area contributed by atoms with E-state index in [1.54, 1.807) is 6.07 Å². The molecule has 0 bridgehead atoms. The van der Waals surface area contributed by atoms with Gasteiger partial charge < -0.3 is 10.2 Å². The molecule has 8 heteroatoms. The largest absolute Gasteiger partial charge is 0.336 e. The van der Waals surface area contributed by atoms with Crippen molar-refractivity contribution in [3.05, 3.63) is 30.1 Å². The molecule has 1 aromatic rings. The van der Waals surface area contributed by atoms with E-state index >= 15 is 0 Å². The number of rotatable bonds is 5. The van der Waals surface area contributed by atoms with E-state index in [4.69, 9.17) is 0 Å². The lowest BCUT2D eigenvalue weighted by molar-refractivity contribution is -0.134. The summed E-state index contributed by atoms with van der Waals surface area (Å²) in [7, 11) is -1.54. The van der Waals surface area contributed by atoms with E-state index in [1.165, 1.54) is 30.1 Å². The number of likely N-dealkylation sites (N-methyl/N-ethyl adjacent to an activating group) is 1. The number of benzene rings is 1. The zero-order valence-corrected chi connectivity index (χ0v) is 13.6. The molecule has 0 unspecified atom stereocenters. The predicted molar refractivity (Wildman–Crippen MR) is 84.0 cm³/mol. The fourth-order valence-electron chi connectivity index (χ4n) is 2.51. The predicted octanol–water partition coefficient (Wildman–Crippen LogP) is 1.05. The van der Waals surface area contributed by atoms with Gasteiger partial charge in [0.2, 0.25) is 11.8 Å². The molecule has 0 radical (unpaired) electrons. The van der Waals surface area contributed by atoms with Crippen molar-refractivity contribution in [1.29, 1.82) is 0 Å². The molecule has 1 aliphatic heterocycles. The summed E-state index contributed by atoms with van der Waals surface area (Å²) >= 11 is 0. The lowest BCUT2D eigenvalue weighted by Crippen LogP contribution is -2.35. The van der Waals surface area contributed by atoms with Crippen molar-refractivity contribution in [2.24, 2.45) is 5.92 Å². The summed E-state index contributed by atoms with van der Waals surface area (Å²) in [4.78, 5) is 25.1. The van der Waals surface area contributed by atoms with Gasteiger partial charge in [0.25, 0.3) is 0 Å². The van der Waals surface area contributed by atoms with Crippen LogP contribution in [0.25, 0.3) is 0 Å². The molecular weight excluding hydrogens is 323 g/mol. The quantitative estimate of drug-likeness (QED) is 0.867. The number of nitrogens with zero attached hydrogens (tertiary/aromatic N) is 1. The SMILES string of the molecule is CN(CC(=O)Nc1cccc(F)c1)C(=O)C[C@H]1CCS(=O)(=O)C1. The highest BCUT2D eigenvalue weighted by atomic mass is 32.2. The van der Waals surface area contributed by atoms with Crippen molar-refractivity contribution in [2.45, 2.75) is 12.8 Å². The maximum absolute atomic E-state index is 13.0. The molecule has 6 nitrogen and oxygen atoms in total. The van der Waals surface area contributed by atoms with Crippen LogP contribution >= 0.6 is 0 Å². The van der Waals surface area contributed by atoms with Crippen molar-refractivity contribution >= 4 is 27.3 Å². The Morgan fingerprint density at radius 3 is 2.74 bits per heavy atom. The van der Waals surface area contributed by atoms with Crippen LogP contribution in [0.5, 0.6) is 0 Å². The smallest absolute Gasteiger partial charge is 0.243 e. The van der Waals surface area contributed by atoms with E-state index in [0.717, 1.165) is 0 Å². The van der Waals surface area contributed by atoms with Gasteiger partial charge in [-0.3, -0.25) is 9.59 Å². The standard InChI is InChI=1S/C15H19FN2O4S/c1-18(15(20)7-11-5-6-23(21,22)10-11)9-14(19)17-13-4-2-3-12(16)8-13/h2-4,8,11H,5-7,9-10H2,1H3,(H,17,19)/t11-/m1/s1. The molecule has 0 aromatic heterocycles. The van der Waals surface area contributed by atoms with Gasteiger partial charge >= 0.3 is 0 Å². The van der Waals surface area contributed by atoms with E-state index in [9.17, 15) is 22.4 Å². The minimum Gasteiger partial charge on any atom is -0.336 e. The van der Waals surface area contributed by atoms with Gasteiger partial charge in [-0.15, -0.1) is 0 Å². The van der Waals surface area contributed by atoms with Gasteiger partial charge in [0, 0.05) is 19.2 Å². The summed E-state index contributed by atoms with van der Waals surface area (Å²) < 4.78 is 35.8. The third kappa shape index (κ3) is 5.31. The highest BCUT2D eigenvalue weighted by Crippen LogP contribution is 2.22. The molecule has 23 heavy (non-hydrogen) atoms. The Morgan fingerprint density at radius 1 is 1.39 bits per heavy atom. The average molecular weight is 342 g/mol. The number of hydrogen-bond acceptors (Lipinski definition) is 4. The molecule has 2 rings (SSSR count). The van der Waals surface area contributed by atoms with E-state index in [1.807, 2.05) is 0 Å². The fourth-order valence-corrected chi connectivity index (χ4v) is 4.37. The van der Waals surface area contributed by atoms with Gasteiger partial charge in [0.15, 0.2) is 9.84 Å². The number of carbonyl (C=O) groups excluding carboxylic acids is 2. The van der Waals surface area contributed by atoms with Gasteiger partial charge in [-0.05, 0) is 30.5 Å². The summed E-state index contributed by atoms with van der Waals surface area (Å²) in [5.41, 5.74) is 0.317. The van der Waals surface area contributed by atoms with Crippen LogP contribution in [-0.2, 0) is 19.4 Å². The first-order chi connectivity index (χ1) is 10.7. The van der Waals surface area contributed by atoms with Crippen molar-refractivity contribution < 1.29 is 22.4 Å². The molecule has 1 aliphatic rings. The number of hydrogen-bond donors (Lipinski definition) is 1. The molecule has 1 aromatic carbocycles. The van der Waals surface area contributed by atoms with E-state index < -0.39 is 21.6 Å². The zero-order chi connectivity index (χ0) is 17.0. The zero-order valence-electron chi connectivity index (χ0n) is 12.8. The van der Waals surface area contributed by atoms with Crippen molar-refractivity contribution in [2.75, 3.05) is 30.4 Å². The van der Waals surface area contributed by atoms with Crippen molar-refractivity contribution in [3.63, 3.8) is 0 Å². The summed E-state index contributed by atoms with van der Waals surface area (Å²) in [6, 6.07) is 5.47. The highest BCUT2D eigenvalue weighted by molar-refractivity contribution is 7.91. The molecule has 0 aliphatic carbocycles. The van der Waals surface area contributed by atoms with Crippen LogP contribution in [0.1, 0.15) is 12.8 Å². The third-order valence-electron chi connectivity index (χ3n) is 3.70. The Morgan fingerprint density at radius 2 is 2.13 bits per heavy atom. The highest BCUT2D eigenvalue weighted by Gasteiger charge is 2.30. The third-order valence-corrected chi connectivity index (χ3v) is 5.54. The second kappa shape index (κ2) is 7.08. The second-order valence-corrected chi connectivity index (χ2v) is 8.01. The maximum Gasteiger partial charge on any atom is 0.243 e. The first-order valence-electron chi connectivity index (χ1n) is 7.25. The molecule has 1 fully saturated rings.